The fourth-order valence-corrected chi connectivity index (χ4v) is 1.77. The van der Waals surface area contributed by atoms with E-state index in [9.17, 15) is 8.78 Å². The maximum absolute atomic E-state index is 13.8. The van der Waals surface area contributed by atoms with Gasteiger partial charge >= 0.3 is 0 Å². The Balaban J connectivity index is 2.51. The van der Waals surface area contributed by atoms with Crippen molar-refractivity contribution in [3.63, 3.8) is 0 Å². The second-order valence-electron chi connectivity index (χ2n) is 3.81. The van der Waals surface area contributed by atoms with Crippen molar-refractivity contribution in [1.29, 1.82) is 0 Å². The lowest BCUT2D eigenvalue weighted by atomic mass is 10.2. The number of aromatic nitrogens is 2. The Bertz CT molecular complexity index is 574. The Labute approximate surface area is 110 Å². The molecule has 0 fully saturated rings. The van der Waals surface area contributed by atoms with Crippen molar-refractivity contribution >= 4 is 17.5 Å². The second kappa shape index (κ2) is 5.60. The minimum absolute atomic E-state index is 0.0481. The van der Waals surface area contributed by atoms with Crippen LogP contribution in [-0.2, 0) is 0 Å². The summed E-state index contributed by atoms with van der Waals surface area (Å²) in [5.41, 5.74) is 0.282. The minimum Gasteiger partial charge on any atom is -0.357 e. The molecule has 0 amide bonds. The molecule has 0 radical (unpaired) electrons. The predicted octanol–water partition coefficient (Wildman–Crippen LogP) is 2.95. The first kappa shape index (κ1) is 13.2. The smallest absolute Gasteiger partial charge is 0.224 e. The Hall–Kier alpha value is -2.24. The molecule has 0 aliphatic rings. The number of halogens is 2. The van der Waals surface area contributed by atoms with Crippen LogP contribution in [0.1, 0.15) is 6.92 Å². The molecule has 2 rings (SSSR count). The lowest BCUT2D eigenvalue weighted by molar-refractivity contribution is 0.604. The number of para-hydroxylation sites is 1. The predicted molar refractivity (Wildman–Crippen MR) is 70.6 cm³/mol. The zero-order chi connectivity index (χ0) is 13.8. The Morgan fingerprint density at radius 3 is 2.58 bits per heavy atom. The van der Waals surface area contributed by atoms with Gasteiger partial charge in [0, 0.05) is 13.6 Å². The van der Waals surface area contributed by atoms with Gasteiger partial charge in [0.2, 0.25) is 5.95 Å². The van der Waals surface area contributed by atoms with Crippen LogP contribution in [0, 0.1) is 11.6 Å². The normalized spacial score (nSPS) is 10.3. The van der Waals surface area contributed by atoms with Gasteiger partial charge in [-0.2, -0.15) is 4.98 Å². The van der Waals surface area contributed by atoms with E-state index < -0.39 is 11.6 Å². The van der Waals surface area contributed by atoms with Gasteiger partial charge in [0.25, 0.3) is 0 Å². The molecule has 0 aliphatic carbocycles. The third-order valence-corrected chi connectivity index (χ3v) is 2.66. The summed E-state index contributed by atoms with van der Waals surface area (Å²) < 4.78 is 27.6. The van der Waals surface area contributed by atoms with Crippen molar-refractivity contribution in [2.24, 2.45) is 0 Å². The average Bonchev–Trinajstić information content (AvgIpc) is 2.43. The maximum Gasteiger partial charge on any atom is 0.224 e. The molecule has 0 unspecified atom stereocenters. The van der Waals surface area contributed by atoms with Crippen molar-refractivity contribution in [1.82, 2.24) is 9.97 Å². The molecule has 0 saturated carbocycles. The van der Waals surface area contributed by atoms with Gasteiger partial charge in [-0.25, -0.2) is 13.8 Å². The van der Waals surface area contributed by atoms with E-state index in [-0.39, 0.29) is 17.5 Å². The fourth-order valence-electron chi connectivity index (χ4n) is 1.77. The molecule has 1 aromatic heterocycles. The first-order chi connectivity index (χ1) is 9.17. The van der Waals surface area contributed by atoms with Crippen LogP contribution in [0.2, 0.25) is 0 Å². The van der Waals surface area contributed by atoms with E-state index in [1.165, 1.54) is 11.0 Å². The molecule has 0 aliphatic heterocycles. The van der Waals surface area contributed by atoms with E-state index in [0.717, 1.165) is 6.20 Å². The molecule has 6 heteroatoms. The van der Waals surface area contributed by atoms with Crippen LogP contribution in [0.15, 0.2) is 30.5 Å². The molecule has 1 N–H and O–H groups in total. The SMILES string of the molecule is CCN(c1ccccc1F)c1nc(NC)ncc1F. The van der Waals surface area contributed by atoms with Gasteiger partial charge in [-0.3, -0.25) is 0 Å². The first-order valence-electron chi connectivity index (χ1n) is 5.89. The monoisotopic (exact) mass is 264 g/mol. The van der Waals surface area contributed by atoms with Crippen molar-refractivity contribution in [2.75, 3.05) is 23.8 Å². The third kappa shape index (κ3) is 2.62. The summed E-state index contributed by atoms with van der Waals surface area (Å²) in [5.74, 6) is -0.685. The quantitative estimate of drug-likeness (QED) is 0.921. The fraction of sp³-hybridized carbons (Fsp3) is 0.231. The molecular formula is C13H14F2N4. The Morgan fingerprint density at radius 2 is 1.95 bits per heavy atom. The van der Waals surface area contributed by atoms with E-state index in [2.05, 4.69) is 15.3 Å². The Kier molecular flexibility index (Phi) is 3.89. The highest BCUT2D eigenvalue weighted by Gasteiger charge is 2.17. The number of anilines is 3. The summed E-state index contributed by atoms with van der Waals surface area (Å²) in [6.07, 6.45) is 1.07. The lowest BCUT2D eigenvalue weighted by Gasteiger charge is -2.23. The standard InChI is InChI=1S/C13H14F2N4/c1-3-19(11-7-5-4-6-9(11)14)12-10(15)8-17-13(16-2)18-12/h4-8H,3H2,1-2H3,(H,16,17,18). The summed E-state index contributed by atoms with van der Waals surface area (Å²) in [6.45, 7) is 2.19. The summed E-state index contributed by atoms with van der Waals surface area (Å²) in [7, 11) is 1.64. The number of hydrogen-bond acceptors (Lipinski definition) is 4. The number of nitrogens with zero attached hydrogens (tertiary/aromatic N) is 3. The van der Waals surface area contributed by atoms with Crippen molar-refractivity contribution in [3.05, 3.63) is 42.1 Å². The highest BCUT2D eigenvalue weighted by Crippen LogP contribution is 2.28. The van der Waals surface area contributed by atoms with E-state index >= 15 is 0 Å². The van der Waals surface area contributed by atoms with Gasteiger partial charge in [-0.15, -0.1) is 0 Å². The van der Waals surface area contributed by atoms with E-state index in [0.29, 0.717) is 6.54 Å². The van der Waals surface area contributed by atoms with Crippen LogP contribution in [0.3, 0.4) is 0 Å². The van der Waals surface area contributed by atoms with Crippen LogP contribution in [0.25, 0.3) is 0 Å². The molecule has 1 heterocycles. The molecule has 4 nitrogen and oxygen atoms in total. The van der Waals surface area contributed by atoms with Gasteiger partial charge in [0.1, 0.15) is 5.82 Å². The number of hydrogen-bond donors (Lipinski definition) is 1. The van der Waals surface area contributed by atoms with E-state index in [4.69, 9.17) is 0 Å². The van der Waals surface area contributed by atoms with E-state index in [1.54, 1.807) is 32.2 Å². The van der Waals surface area contributed by atoms with Crippen LogP contribution >= 0.6 is 0 Å². The topological polar surface area (TPSA) is 41.1 Å². The highest BCUT2D eigenvalue weighted by molar-refractivity contribution is 5.61. The second-order valence-corrected chi connectivity index (χ2v) is 3.81. The van der Waals surface area contributed by atoms with Gasteiger partial charge in [0.05, 0.1) is 11.9 Å². The highest BCUT2D eigenvalue weighted by atomic mass is 19.1. The summed E-state index contributed by atoms with van der Waals surface area (Å²) >= 11 is 0. The molecule has 0 saturated heterocycles. The zero-order valence-corrected chi connectivity index (χ0v) is 10.7. The number of rotatable bonds is 4. The van der Waals surface area contributed by atoms with Crippen LogP contribution in [0.4, 0.5) is 26.2 Å². The van der Waals surface area contributed by atoms with Gasteiger partial charge in [-0.05, 0) is 19.1 Å². The summed E-state index contributed by atoms with van der Waals surface area (Å²) in [6, 6.07) is 6.19. The van der Waals surface area contributed by atoms with Gasteiger partial charge in [0.15, 0.2) is 11.6 Å². The average molecular weight is 264 g/mol. The van der Waals surface area contributed by atoms with Gasteiger partial charge < -0.3 is 10.2 Å². The van der Waals surface area contributed by atoms with Crippen molar-refractivity contribution < 1.29 is 8.78 Å². The maximum atomic E-state index is 13.8. The molecule has 1 aromatic carbocycles. The first-order valence-corrected chi connectivity index (χ1v) is 5.89. The van der Waals surface area contributed by atoms with Crippen LogP contribution < -0.4 is 10.2 Å². The molecule has 0 atom stereocenters. The van der Waals surface area contributed by atoms with E-state index in [1.807, 2.05) is 0 Å². The molecule has 2 aromatic rings. The van der Waals surface area contributed by atoms with Crippen LogP contribution in [0.5, 0.6) is 0 Å². The number of nitrogens with one attached hydrogen (secondary N) is 1. The molecule has 0 spiro atoms. The minimum atomic E-state index is -0.593. The number of benzene rings is 1. The lowest BCUT2D eigenvalue weighted by Crippen LogP contribution is -2.20. The Morgan fingerprint density at radius 1 is 1.21 bits per heavy atom. The van der Waals surface area contributed by atoms with Gasteiger partial charge in [-0.1, -0.05) is 12.1 Å². The molecule has 0 bridgehead atoms. The summed E-state index contributed by atoms with van der Waals surface area (Å²) in [4.78, 5) is 9.28. The molecule has 100 valence electrons. The van der Waals surface area contributed by atoms with Crippen LogP contribution in [-0.4, -0.2) is 23.6 Å². The van der Waals surface area contributed by atoms with Crippen molar-refractivity contribution in [3.8, 4) is 0 Å². The zero-order valence-electron chi connectivity index (χ0n) is 10.7. The molecule has 19 heavy (non-hydrogen) atoms. The largest absolute Gasteiger partial charge is 0.357 e. The third-order valence-electron chi connectivity index (χ3n) is 2.66. The summed E-state index contributed by atoms with van der Waals surface area (Å²) in [5, 5.41) is 2.73. The molecular weight excluding hydrogens is 250 g/mol. The van der Waals surface area contributed by atoms with Crippen molar-refractivity contribution in [2.45, 2.75) is 6.92 Å².